The number of pyridine rings is 1. The van der Waals surface area contributed by atoms with E-state index in [2.05, 4.69) is 46.2 Å². The lowest BCUT2D eigenvalue weighted by molar-refractivity contribution is 0.181. The third-order valence-electron chi connectivity index (χ3n) is 4.90. The van der Waals surface area contributed by atoms with Crippen LogP contribution >= 0.6 is 0 Å². The van der Waals surface area contributed by atoms with Gasteiger partial charge in [0.05, 0.1) is 13.2 Å². The van der Waals surface area contributed by atoms with Crippen molar-refractivity contribution in [1.29, 1.82) is 0 Å². The van der Waals surface area contributed by atoms with E-state index in [4.69, 9.17) is 9.73 Å². The standard InChI is InChI=1S/C19H31N5O/c1-3-20-19(23(2)14-17-7-11-25-15-17)22-13-16-6-8-21-18(12-16)24-9-4-5-10-24/h6,8,12,17H,3-5,7,9-11,13-15H2,1-2H3,(H,20,22). The molecule has 0 aromatic carbocycles. The van der Waals surface area contributed by atoms with Crippen molar-refractivity contribution in [2.45, 2.75) is 32.7 Å². The number of aromatic nitrogens is 1. The van der Waals surface area contributed by atoms with Gasteiger partial charge in [0.25, 0.3) is 0 Å². The summed E-state index contributed by atoms with van der Waals surface area (Å²) < 4.78 is 5.49. The summed E-state index contributed by atoms with van der Waals surface area (Å²) in [6, 6.07) is 4.25. The number of ether oxygens (including phenoxy) is 1. The fourth-order valence-electron chi connectivity index (χ4n) is 3.52. The molecule has 1 aromatic heterocycles. The molecule has 0 spiro atoms. The average molecular weight is 345 g/mol. The smallest absolute Gasteiger partial charge is 0.193 e. The summed E-state index contributed by atoms with van der Waals surface area (Å²) in [5.74, 6) is 2.66. The quantitative estimate of drug-likeness (QED) is 0.632. The zero-order valence-electron chi connectivity index (χ0n) is 15.6. The molecule has 1 N–H and O–H groups in total. The van der Waals surface area contributed by atoms with Crippen LogP contribution in [0.15, 0.2) is 23.3 Å². The van der Waals surface area contributed by atoms with Crippen LogP contribution in [0.1, 0.15) is 31.7 Å². The van der Waals surface area contributed by atoms with Crippen LogP contribution in [-0.2, 0) is 11.3 Å². The van der Waals surface area contributed by atoms with Gasteiger partial charge < -0.3 is 19.9 Å². The molecule has 6 nitrogen and oxygen atoms in total. The number of hydrogen-bond acceptors (Lipinski definition) is 4. The van der Waals surface area contributed by atoms with Crippen molar-refractivity contribution in [1.82, 2.24) is 15.2 Å². The predicted molar refractivity (Wildman–Crippen MR) is 102 cm³/mol. The van der Waals surface area contributed by atoms with E-state index in [0.29, 0.717) is 12.5 Å². The van der Waals surface area contributed by atoms with Gasteiger partial charge in [0.2, 0.25) is 0 Å². The monoisotopic (exact) mass is 345 g/mol. The number of nitrogens with zero attached hydrogens (tertiary/aromatic N) is 4. The summed E-state index contributed by atoms with van der Waals surface area (Å²) in [4.78, 5) is 14.0. The maximum atomic E-state index is 5.49. The number of anilines is 1. The van der Waals surface area contributed by atoms with Gasteiger partial charge in [0.1, 0.15) is 5.82 Å². The largest absolute Gasteiger partial charge is 0.381 e. The molecule has 0 aliphatic carbocycles. The van der Waals surface area contributed by atoms with Crippen molar-refractivity contribution in [3.8, 4) is 0 Å². The first-order chi connectivity index (χ1) is 12.3. The number of hydrogen-bond donors (Lipinski definition) is 1. The lowest BCUT2D eigenvalue weighted by atomic mass is 10.1. The van der Waals surface area contributed by atoms with E-state index in [1.54, 1.807) is 0 Å². The minimum absolute atomic E-state index is 0.608. The van der Waals surface area contributed by atoms with Gasteiger partial charge in [-0.15, -0.1) is 0 Å². The van der Waals surface area contributed by atoms with Crippen molar-refractivity contribution in [3.05, 3.63) is 23.9 Å². The second kappa shape index (κ2) is 9.04. The Hall–Kier alpha value is -1.82. The van der Waals surface area contributed by atoms with Gasteiger partial charge in [0, 0.05) is 51.9 Å². The third-order valence-corrected chi connectivity index (χ3v) is 4.90. The van der Waals surface area contributed by atoms with Gasteiger partial charge in [-0.1, -0.05) is 0 Å². The SMILES string of the molecule is CCNC(=NCc1ccnc(N2CCCC2)c1)N(C)CC1CCOC1. The number of aliphatic imine (C=N–C) groups is 1. The molecular weight excluding hydrogens is 314 g/mol. The van der Waals surface area contributed by atoms with Crippen LogP contribution in [0.5, 0.6) is 0 Å². The lowest BCUT2D eigenvalue weighted by Crippen LogP contribution is -2.41. The molecule has 0 radical (unpaired) electrons. The van der Waals surface area contributed by atoms with Crippen LogP contribution in [-0.4, -0.2) is 62.3 Å². The summed E-state index contributed by atoms with van der Waals surface area (Å²) >= 11 is 0. The predicted octanol–water partition coefficient (Wildman–Crippen LogP) is 2.12. The minimum atomic E-state index is 0.608. The van der Waals surface area contributed by atoms with Gasteiger partial charge in [-0.3, -0.25) is 0 Å². The molecule has 1 unspecified atom stereocenters. The summed E-state index contributed by atoms with van der Waals surface area (Å²) in [5.41, 5.74) is 1.21. The van der Waals surface area contributed by atoms with E-state index in [-0.39, 0.29) is 0 Å². The van der Waals surface area contributed by atoms with Crippen molar-refractivity contribution in [2.75, 3.05) is 51.3 Å². The zero-order valence-corrected chi connectivity index (χ0v) is 15.6. The highest BCUT2D eigenvalue weighted by Crippen LogP contribution is 2.19. The maximum Gasteiger partial charge on any atom is 0.193 e. The molecule has 2 saturated heterocycles. The Labute approximate surface area is 151 Å². The maximum absolute atomic E-state index is 5.49. The molecule has 1 atom stereocenters. The molecule has 0 amide bonds. The molecule has 3 rings (SSSR count). The normalized spacial score (nSPS) is 21.0. The van der Waals surface area contributed by atoms with Crippen LogP contribution in [0.3, 0.4) is 0 Å². The Kier molecular flexibility index (Phi) is 6.50. The van der Waals surface area contributed by atoms with Crippen LogP contribution < -0.4 is 10.2 Å². The van der Waals surface area contributed by atoms with Crippen LogP contribution in [0, 0.1) is 5.92 Å². The van der Waals surface area contributed by atoms with E-state index >= 15 is 0 Å². The molecular formula is C19H31N5O. The van der Waals surface area contributed by atoms with E-state index in [0.717, 1.165) is 57.6 Å². The van der Waals surface area contributed by atoms with Gasteiger partial charge in [-0.05, 0) is 43.9 Å². The molecule has 2 aliphatic rings. The van der Waals surface area contributed by atoms with Crippen molar-refractivity contribution >= 4 is 11.8 Å². The van der Waals surface area contributed by atoms with Crippen molar-refractivity contribution in [2.24, 2.45) is 10.9 Å². The summed E-state index contributed by atoms with van der Waals surface area (Å²) in [7, 11) is 2.11. The minimum Gasteiger partial charge on any atom is -0.381 e. The highest BCUT2D eigenvalue weighted by Gasteiger charge is 2.19. The molecule has 2 fully saturated rings. The first-order valence-electron chi connectivity index (χ1n) is 9.53. The summed E-state index contributed by atoms with van der Waals surface area (Å²) in [6.07, 6.45) is 5.59. The highest BCUT2D eigenvalue weighted by atomic mass is 16.5. The second-order valence-corrected chi connectivity index (χ2v) is 7.00. The van der Waals surface area contributed by atoms with Crippen molar-refractivity contribution in [3.63, 3.8) is 0 Å². The second-order valence-electron chi connectivity index (χ2n) is 7.00. The van der Waals surface area contributed by atoms with Crippen LogP contribution in [0.2, 0.25) is 0 Å². The number of nitrogens with one attached hydrogen (secondary N) is 1. The molecule has 25 heavy (non-hydrogen) atoms. The molecule has 0 saturated carbocycles. The highest BCUT2D eigenvalue weighted by molar-refractivity contribution is 5.79. The zero-order chi connectivity index (χ0) is 17.5. The molecule has 0 bridgehead atoms. The summed E-state index contributed by atoms with van der Waals surface area (Å²) in [5, 5.41) is 3.41. The summed E-state index contributed by atoms with van der Waals surface area (Å²) in [6.45, 7) is 8.65. The average Bonchev–Trinajstić information content (AvgIpc) is 3.32. The first-order valence-corrected chi connectivity index (χ1v) is 9.53. The Morgan fingerprint density at radius 3 is 3.00 bits per heavy atom. The van der Waals surface area contributed by atoms with Gasteiger partial charge in [-0.25, -0.2) is 9.98 Å². The van der Waals surface area contributed by atoms with Crippen LogP contribution in [0.25, 0.3) is 0 Å². The third kappa shape index (κ3) is 5.08. The van der Waals surface area contributed by atoms with Gasteiger partial charge in [-0.2, -0.15) is 0 Å². The van der Waals surface area contributed by atoms with Gasteiger partial charge in [0.15, 0.2) is 5.96 Å². The Morgan fingerprint density at radius 2 is 2.28 bits per heavy atom. The Bertz CT molecular complexity index is 565. The number of guanidine groups is 1. The van der Waals surface area contributed by atoms with E-state index in [9.17, 15) is 0 Å². The fraction of sp³-hybridized carbons (Fsp3) is 0.684. The molecule has 6 heteroatoms. The van der Waals surface area contributed by atoms with E-state index < -0.39 is 0 Å². The molecule has 2 aliphatic heterocycles. The Balaban J connectivity index is 1.63. The van der Waals surface area contributed by atoms with E-state index in [1.807, 2.05) is 6.20 Å². The number of rotatable bonds is 6. The first kappa shape index (κ1) is 18.0. The Morgan fingerprint density at radius 1 is 1.44 bits per heavy atom. The van der Waals surface area contributed by atoms with Crippen LogP contribution in [0.4, 0.5) is 5.82 Å². The lowest BCUT2D eigenvalue weighted by Gasteiger charge is -2.24. The van der Waals surface area contributed by atoms with E-state index in [1.165, 1.54) is 18.4 Å². The van der Waals surface area contributed by atoms with Crippen molar-refractivity contribution < 1.29 is 4.74 Å². The topological polar surface area (TPSA) is 53.0 Å². The fourth-order valence-corrected chi connectivity index (χ4v) is 3.52. The van der Waals surface area contributed by atoms with Gasteiger partial charge >= 0.3 is 0 Å². The molecule has 138 valence electrons. The molecule has 1 aromatic rings. The molecule has 3 heterocycles.